The van der Waals surface area contributed by atoms with E-state index in [1.165, 1.54) is 43.8 Å². The Morgan fingerprint density at radius 2 is 1.93 bits per heavy atom. The van der Waals surface area contributed by atoms with E-state index >= 15 is 0 Å². The first-order valence-corrected chi connectivity index (χ1v) is 8.85. The van der Waals surface area contributed by atoms with Gasteiger partial charge in [-0.25, -0.2) is 4.98 Å². The minimum Gasteiger partial charge on any atom is -0.504 e. The highest BCUT2D eigenvalue weighted by molar-refractivity contribution is 5.94. The standard InChI is InChI=1S/C20H16F3N3O4/c1-29-16-8-11(2-7-15(16)27)14-9-17(28)25-19-18(14)24-10-26(19)12-3-5-13(6-4-12)30-20(21,22)23/h2-8,10,14,27H,9H2,1H3,(H,25,28). The van der Waals surface area contributed by atoms with E-state index in [9.17, 15) is 23.1 Å². The van der Waals surface area contributed by atoms with Crippen LogP contribution >= 0.6 is 0 Å². The van der Waals surface area contributed by atoms with E-state index in [0.717, 1.165) is 5.56 Å². The zero-order chi connectivity index (χ0) is 21.5. The molecule has 1 atom stereocenters. The summed E-state index contributed by atoms with van der Waals surface area (Å²) in [5.41, 5.74) is 1.83. The number of hydrogen-bond acceptors (Lipinski definition) is 5. The summed E-state index contributed by atoms with van der Waals surface area (Å²) in [6.07, 6.45) is -3.14. The molecular weight excluding hydrogens is 403 g/mol. The van der Waals surface area contributed by atoms with Crippen LogP contribution in [0.3, 0.4) is 0 Å². The van der Waals surface area contributed by atoms with Gasteiger partial charge in [-0.05, 0) is 42.0 Å². The maximum Gasteiger partial charge on any atom is 0.573 e. The molecule has 30 heavy (non-hydrogen) atoms. The quantitative estimate of drug-likeness (QED) is 0.669. The number of methoxy groups -OCH3 is 1. The number of alkyl halides is 3. The van der Waals surface area contributed by atoms with Crippen molar-refractivity contribution >= 4 is 11.7 Å². The number of hydrogen-bond donors (Lipinski definition) is 2. The van der Waals surface area contributed by atoms with Crippen LogP contribution in [0.5, 0.6) is 17.2 Å². The van der Waals surface area contributed by atoms with Crippen LogP contribution in [0.25, 0.3) is 5.69 Å². The SMILES string of the molecule is COc1cc(C2CC(=O)Nc3c2ncn3-c2ccc(OC(F)(F)F)cc2)ccc1O. The van der Waals surface area contributed by atoms with Crippen molar-refractivity contribution in [2.75, 3.05) is 12.4 Å². The van der Waals surface area contributed by atoms with Gasteiger partial charge in [-0.15, -0.1) is 13.2 Å². The highest BCUT2D eigenvalue weighted by Crippen LogP contribution is 2.40. The zero-order valence-corrected chi connectivity index (χ0v) is 15.6. The first-order chi connectivity index (χ1) is 14.2. The summed E-state index contributed by atoms with van der Waals surface area (Å²) in [4.78, 5) is 16.8. The molecular formula is C20H16F3N3O4. The van der Waals surface area contributed by atoms with Gasteiger partial charge in [0, 0.05) is 18.0 Å². The van der Waals surface area contributed by atoms with Crippen LogP contribution < -0.4 is 14.8 Å². The van der Waals surface area contributed by atoms with E-state index in [4.69, 9.17) is 4.74 Å². The molecule has 0 saturated carbocycles. The van der Waals surface area contributed by atoms with E-state index in [1.54, 1.807) is 16.7 Å². The maximum absolute atomic E-state index is 12.4. The Morgan fingerprint density at radius 1 is 1.20 bits per heavy atom. The second kappa shape index (κ2) is 7.29. The van der Waals surface area contributed by atoms with Crippen molar-refractivity contribution in [3.8, 4) is 22.9 Å². The topological polar surface area (TPSA) is 85.6 Å². The fourth-order valence-electron chi connectivity index (χ4n) is 3.40. The van der Waals surface area contributed by atoms with E-state index < -0.39 is 6.36 Å². The van der Waals surface area contributed by atoms with Crippen LogP contribution in [0.1, 0.15) is 23.6 Å². The first-order valence-electron chi connectivity index (χ1n) is 8.85. The highest BCUT2D eigenvalue weighted by Gasteiger charge is 2.32. The van der Waals surface area contributed by atoms with Gasteiger partial charge in [0.2, 0.25) is 5.91 Å². The molecule has 2 aromatic carbocycles. The van der Waals surface area contributed by atoms with Crippen LogP contribution in [-0.2, 0) is 4.79 Å². The summed E-state index contributed by atoms with van der Waals surface area (Å²) in [6.45, 7) is 0. The Morgan fingerprint density at radius 3 is 2.60 bits per heavy atom. The zero-order valence-electron chi connectivity index (χ0n) is 15.6. The van der Waals surface area contributed by atoms with Gasteiger partial charge in [-0.3, -0.25) is 9.36 Å². The van der Waals surface area contributed by atoms with Crippen LogP contribution in [-0.4, -0.2) is 34.0 Å². The van der Waals surface area contributed by atoms with Crippen molar-refractivity contribution in [1.82, 2.24) is 9.55 Å². The Balaban J connectivity index is 1.69. The van der Waals surface area contributed by atoms with Crippen molar-refractivity contribution in [2.45, 2.75) is 18.7 Å². The number of nitrogens with zero attached hydrogens (tertiary/aromatic N) is 2. The third kappa shape index (κ3) is 3.76. The third-order valence-corrected chi connectivity index (χ3v) is 4.73. The number of carbonyl (C=O) groups is 1. The van der Waals surface area contributed by atoms with Gasteiger partial charge in [-0.2, -0.15) is 0 Å². The van der Waals surface area contributed by atoms with Gasteiger partial charge in [0.05, 0.1) is 12.8 Å². The average Bonchev–Trinajstić information content (AvgIpc) is 3.11. The van der Waals surface area contributed by atoms with Gasteiger partial charge in [0.25, 0.3) is 0 Å². The highest BCUT2D eigenvalue weighted by atomic mass is 19.4. The molecule has 2 N–H and O–H groups in total. The van der Waals surface area contributed by atoms with Crippen molar-refractivity contribution in [3.63, 3.8) is 0 Å². The second-order valence-corrected chi connectivity index (χ2v) is 6.63. The van der Waals surface area contributed by atoms with Crippen molar-refractivity contribution in [1.29, 1.82) is 0 Å². The maximum atomic E-state index is 12.4. The molecule has 7 nitrogen and oxygen atoms in total. The lowest BCUT2D eigenvalue weighted by Crippen LogP contribution is -2.25. The minimum atomic E-state index is -4.78. The smallest absolute Gasteiger partial charge is 0.504 e. The normalized spacial score (nSPS) is 16.0. The number of nitrogens with one attached hydrogen (secondary N) is 1. The summed E-state index contributed by atoms with van der Waals surface area (Å²) in [5, 5.41) is 12.6. The summed E-state index contributed by atoms with van der Waals surface area (Å²) >= 11 is 0. The van der Waals surface area contributed by atoms with Crippen molar-refractivity contribution in [2.24, 2.45) is 0 Å². The number of aromatic hydroxyl groups is 1. The molecule has 1 amide bonds. The number of anilines is 1. The van der Waals surface area contributed by atoms with Crippen molar-refractivity contribution < 1.29 is 32.5 Å². The van der Waals surface area contributed by atoms with Gasteiger partial charge >= 0.3 is 6.36 Å². The van der Waals surface area contributed by atoms with E-state index in [-0.39, 0.29) is 35.5 Å². The molecule has 1 aromatic heterocycles. The summed E-state index contributed by atoms with van der Waals surface area (Å²) in [7, 11) is 1.43. The number of aromatic nitrogens is 2. The van der Waals surface area contributed by atoms with E-state index in [0.29, 0.717) is 17.2 Å². The largest absolute Gasteiger partial charge is 0.573 e. The number of fused-ring (bicyclic) bond motifs is 1. The summed E-state index contributed by atoms with van der Waals surface area (Å²) in [6, 6.07) is 10.0. The number of rotatable bonds is 4. The fraction of sp³-hybridized carbons (Fsp3) is 0.200. The molecule has 4 rings (SSSR count). The molecule has 0 bridgehead atoms. The van der Waals surface area contributed by atoms with E-state index in [1.807, 2.05) is 0 Å². The third-order valence-electron chi connectivity index (χ3n) is 4.73. The monoisotopic (exact) mass is 419 g/mol. The molecule has 0 radical (unpaired) electrons. The van der Waals surface area contributed by atoms with Gasteiger partial charge in [0.15, 0.2) is 11.5 Å². The molecule has 0 fully saturated rings. The second-order valence-electron chi connectivity index (χ2n) is 6.63. The molecule has 0 spiro atoms. The summed E-state index contributed by atoms with van der Waals surface area (Å²) < 4.78 is 47.7. The molecule has 156 valence electrons. The Hall–Kier alpha value is -3.69. The molecule has 1 unspecified atom stereocenters. The average molecular weight is 419 g/mol. The Labute approximate surface area is 168 Å². The molecule has 3 aromatic rings. The van der Waals surface area contributed by atoms with Crippen LogP contribution in [0.4, 0.5) is 19.0 Å². The number of amides is 1. The van der Waals surface area contributed by atoms with Crippen molar-refractivity contribution in [3.05, 3.63) is 60.0 Å². The molecule has 0 saturated heterocycles. The first kappa shape index (κ1) is 19.6. The van der Waals surface area contributed by atoms with Gasteiger partial charge in [-0.1, -0.05) is 6.07 Å². The van der Waals surface area contributed by atoms with Crippen LogP contribution in [0.15, 0.2) is 48.8 Å². The molecule has 1 aliphatic rings. The molecule has 0 aliphatic carbocycles. The Bertz CT molecular complexity index is 1090. The van der Waals surface area contributed by atoms with Gasteiger partial charge < -0.3 is 19.9 Å². The lowest BCUT2D eigenvalue weighted by molar-refractivity contribution is -0.274. The number of halogens is 3. The molecule has 2 heterocycles. The van der Waals surface area contributed by atoms with E-state index in [2.05, 4.69) is 15.0 Å². The number of phenolic OH excluding ortho intramolecular Hbond substituents is 1. The molecule has 1 aliphatic heterocycles. The fourth-order valence-corrected chi connectivity index (χ4v) is 3.40. The number of imidazole rings is 1. The summed E-state index contributed by atoms with van der Waals surface area (Å²) in [5.74, 6) is -0.282. The van der Waals surface area contributed by atoms with Gasteiger partial charge in [0.1, 0.15) is 17.9 Å². The Kier molecular flexibility index (Phi) is 4.76. The predicted octanol–water partition coefficient (Wildman–Crippen LogP) is 3.96. The predicted molar refractivity (Wildman–Crippen MR) is 100.0 cm³/mol. The number of ether oxygens (including phenoxy) is 2. The number of phenols is 1. The lowest BCUT2D eigenvalue weighted by atomic mass is 9.89. The van der Waals surface area contributed by atoms with Crippen LogP contribution in [0, 0.1) is 0 Å². The molecule has 10 heteroatoms. The minimum absolute atomic E-state index is 0.0200. The number of carbonyl (C=O) groups excluding carboxylic acids is 1. The number of benzene rings is 2. The van der Waals surface area contributed by atoms with Crippen LogP contribution in [0.2, 0.25) is 0 Å². The lowest BCUT2D eigenvalue weighted by Gasteiger charge is -2.24.